The van der Waals surface area contributed by atoms with Crippen LogP contribution in [0.5, 0.6) is 0 Å². The number of hydrogen-bond acceptors (Lipinski definition) is 6. The maximum Gasteiger partial charge on any atom is 0.347 e. The number of ether oxygens (including phenoxy) is 2. The van der Waals surface area contributed by atoms with E-state index in [0.29, 0.717) is 17.2 Å². The van der Waals surface area contributed by atoms with Crippen molar-refractivity contribution in [2.24, 2.45) is 0 Å². The van der Waals surface area contributed by atoms with Gasteiger partial charge in [0, 0.05) is 11.3 Å². The van der Waals surface area contributed by atoms with Crippen LogP contribution in [0.4, 0.5) is 5.69 Å². The molecule has 1 aliphatic heterocycles. The van der Waals surface area contributed by atoms with Gasteiger partial charge in [0.15, 0.2) is 24.6 Å². The summed E-state index contributed by atoms with van der Waals surface area (Å²) in [6, 6.07) is 16.2. The van der Waals surface area contributed by atoms with Crippen molar-refractivity contribution in [2.45, 2.75) is 19.8 Å². The highest BCUT2D eigenvalue weighted by Gasteiger charge is 2.32. The van der Waals surface area contributed by atoms with E-state index in [9.17, 15) is 14.4 Å². The number of nitrogens with one attached hydrogen (secondary N) is 1. The van der Waals surface area contributed by atoms with Crippen LogP contribution in [0, 0.1) is 0 Å². The van der Waals surface area contributed by atoms with Crippen LogP contribution in [0.1, 0.15) is 35.7 Å². The van der Waals surface area contributed by atoms with Crippen molar-refractivity contribution in [1.29, 1.82) is 0 Å². The second kappa shape index (κ2) is 8.52. The van der Waals surface area contributed by atoms with E-state index in [1.807, 2.05) is 18.2 Å². The minimum atomic E-state index is -0.881. The van der Waals surface area contributed by atoms with E-state index in [4.69, 9.17) is 9.47 Å². The maximum absolute atomic E-state index is 12.4. The van der Waals surface area contributed by atoms with Gasteiger partial charge >= 0.3 is 5.97 Å². The fourth-order valence-electron chi connectivity index (χ4n) is 2.71. The number of rotatable bonds is 7. The highest BCUT2D eigenvalue weighted by atomic mass is 16.5. The summed E-state index contributed by atoms with van der Waals surface area (Å²) >= 11 is 0. The highest BCUT2D eigenvalue weighted by Crippen LogP contribution is 2.21. The fraction of sp³-hybridized carbons (Fsp3) is 0.227. The molecule has 6 nitrogen and oxygen atoms in total. The van der Waals surface area contributed by atoms with Crippen molar-refractivity contribution in [2.75, 3.05) is 18.5 Å². The van der Waals surface area contributed by atoms with Crippen LogP contribution in [-0.2, 0) is 19.1 Å². The third kappa shape index (κ3) is 4.46. The van der Waals surface area contributed by atoms with Crippen LogP contribution in [0.15, 0.2) is 66.1 Å². The topological polar surface area (TPSA) is 81.7 Å². The second-order valence-electron chi connectivity index (χ2n) is 6.68. The van der Waals surface area contributed by atoms with Gasteiger partial charge in [0.25, 0.3) is 0 Å². The van der Waals surface area contributed by atoms with Crippen LogP contribution in [0.25, 0.3) is 0 Å². The normalized spacial score (nSPS) is 13.5. The zero-order valence-corrected chi connectivity index (χ0v) is 15.7. The zero-order chi connectivity index (χ0) is 20.1. The quantitative estimate of drug-likeness (QED) is 0.451. The van der Waals surface area contributed by atoms with Crippen molar-refractivity contribution < 1.29 is 23.9 Å². The molecule has 2 aromatic carbocycles. The first-order valence-corrected chi connectivity index (χ1v) is 8.98. The van der Waals surface area contributed by atoms with Gasteiger partial charge in [0.2, 0.25) is 11.7 Å². The van der Waals surface area contributed by atoms with Crippen molar-refractivity contribution >= 4 is 23.2 Å². The molecule has 0 saturated heterocycles. The molecule has 0 atom stereocenters. The molecule has 0 aliphatic carbocycles. The van der Waals surface area contributed by atoms with E-state index in [1.54, 1.807) is 36.4 Å². The van der Waals surface area contributed by atoms with Gasteiger partial charge in [-0.2, -0.15) is 0 Å². The molecule has 0 spiro atoms. The molecule has 2 aromatic rings. The number of esters is 1. The Morgan fingerprint density at radius 3 is 2.39 bits per heavy atom. The van der Waals surface area contributed by atoms with Crippen molar-refractivity contribution in [1.82, 2.24) is 0 Å². The first-order valence-electron chi connectivity index (χ1n) is 8.98. The summed E-state index contributed by atoms with van der Waals surface area (Å²) in [5.74, 6) is -1.31. The van der Waals surface area contributed by atoms with E-state index in [0.717, 1.165) is 5.56 Å². The van der Waals surface area contributed by atoms with Crippen LogP contribution in [0.2, 0.25) is 0 Å². The summed E-state index contributed by atoms with van der Waals surface area (Å²) in [6.07, 6.45) is 0. The molecule has 0 radical (unpaired) electrons. The molecule has 28 heavy (non-hydrogen) atoms. The minimum Gasteiger partial charge on any atom is -0.470 e. The Hall–Kier alpha value is -3.41. The lowest BCUT2D eigenvalue weighted by Gasteiger charge is -2.09. The van der Waals surface area contributed by atoms with E-state index in [-0.39, 0.29) is 23.8 Å². The number of hydrogen-bond donors (Lipinski definition) is 1. The Labute approximate surface area is 163 Å². The first-order chi connectivity index (χ1) is 13.5. The molecule has 3 rings (SSSR count). The van der Waals surface area contributed by atoms with E-state index in [1.165, 1.54) is 0 Å². The standard InChI is InChI=1S/C22H21NO5/c1-14(2)15-8-10-16(11-9-15)18(24)12-28-22(26)20-19(25)13-27-21(20)23-17-6-4-3-5-7-17/h3-11,14,23H,12-13H2,1-2H3. The van der Waals surface area contributed by atoms with Gasteiger partial charge in [-0.1, -0.05) is 56.3 Å². The van der Waals surface area contributed by atoms with Crippen LogP contribution >= 0.6 is 0 Å². The van der Waals surface area contributed by atoms with Gasteiger partial charge < -0.3 is 14.8 Å². The van der Waals surface area contributed by atoms with Gasteiger partial charge in [-0.15, -0.1) is 0 Å². The molecule has 0 unspecified atom stereocenters. The smallest absolute Gasteiger partial charge is 0.347 e. The van der Waals surface area contributed by atoms with Crippen molar-refractivity contribution in [3.8, 4) is 0 Å². The molecule has 6 heteroatoms. The van der Waals surface area contributed by atoms with Crippen LogP contribution in [-0.4, -0.2) is 30.7 Å². The number of benzene rings is 2. The maximum atomic E-state index is 12.4. The molecular weight excluding hydrogens is 358 g/mol. The average Bonchev–Trinajstić information content (AvgIpc) is 3.06. The van der Waals surface area contributed by atoms with Gasteiger partial charge in [0.05, 0.1) is 0 Å². The first kappa shape index (κ1) is 19.4. The summed E-state index contributed by atoms with van der Waals surface area (Å²) in [6.45, 7) is 3.43. The summed E-state index contributed by atoms with van der Waals surface area (Å²) in [4.78, 5) is 36.7. The SMILES string of the molecule is CC(C)c1ccc(C(=O)COC(=O)C2=C(Nc3ccccc3)OCC2=O)cc1. The number of para-hydroxylation sites is 1. The summed E-state index contributed by atoms with van der Waals surface area (Å²) in [5, 5.41) is 2.89. The molecule has 0 bridgehead atoms. The monoisotopic (exact) mass is 379 g/mol. The van der Waals surface area contributed by atoms with E-state index in [2.05, 4.69) is 19.2 Å². The molecule has 1 aliphatic rings. The molecule has 0 amide bonds. The van der Waals surface area contributed by atoms with Crippen LogP contribution in [0.3, 0.4) is 0 Å². The van der Waals surface area contributed by atoms with E-state index < -0.39 is 18.4 Å². The lowest BCUT2D eigenvalue weighted by Crippen LogP contribution is -2.20. The summed E-state index contributed by atoms with van der Waals surface area (Å²) in [7, 11) is 0. The molecule has 1 heterocycles. The molecule has 0 saturated carbocycles. The predicted octanol–water partition coefficient (Wildman–Crippen LogP) is 3.46. The Balaban J connectivity index is 1.66. The molecule has 0 aromatic heterocycles. The summed E-state index contributed by atoms with van der Waals surface area (Å²) < 4.78 is 10.3. The average molecular weight is 379 g/mol. The summed E-state index contributed by atoms with van der Waals surface area (Å²) in [5.41, 5.74) is 2.01. The van der Waals surface area contributed by atoms with E-state index >= 15 is 0 Å². The Kier molecular flexibility index (Phi) is 5.89. The predicted molar refractivity (Wildman–Crippen MR) is 104 cm³/mol. The number of ketones is 2. The molecule has 0 fully saturated rings. The zero-order valence-electron chi connectivity index (χ0n) is 15.7. The lowest BCUT2D eigenvalue weighted by molar-refractivity contribution is -0.139. The Morgan fingerprint density at radius 2 is 1.75 bits per heavy atom. The number of carbonyl (C=O) groups excluding carboxylic acids is 3. The number of carbonyl (C=O) groups is 3. The molecule has 1 N–H and O–H groups in total. The number of anilines is 1. The molecular formula is C22H21NO5. The largest absolute Gasteiger partial charge is 0.470 e. The highest BCUT2D eigenvalue weighted by molar-refractivity contribution is 6.20. The molecule has 144 valence electrons. The van der Waals surface area contributed by atoms with Gasteiger partial charge in [0.1, 0.15) is 0 Å². The third-order valence-corrected chi connectivity index (χ3v) is 4.32. The van der Waals surface area contributed by atoms with Crippen LogP contribution < -0.4 is 5.32 Å². The minimum absolute atomic E-state index is 0.0370. The third-order valence-electron chi connectivity index (χ3n) is 4.32. The van der Waals surface area contributed by atoms with Crippen molar-refractivity contribution in [3.05, 3.63) is 77.2 Å². The van der Waals surface area contributed by atoms with Gasteiger partial charge in [-0.25, -0.2) is 4.79 Å². The second-order valence-corrected chi connectivity index (χ2v) is 6.68. The Bertz CT molecular complexity index is 914. The van der Waals surface area contributed by atoms with Gasteiger partial charge in [-0.05, 0) is 23.6 Å². The fourth-order valence-corrected chi connectivity index (χ4v) is 2.71. The Morgan fingerprint density at radius 1 is 1.07 bits per heavy atom. The number of Topliss-reactive ketones (excluding diaryl/α,β-unsaturated/α-hetero) is 2. The van der Waals surface area contributed by atoms with Crippen molar-refractivity contribution in [3.63, 3.8) is 0 Å². The van der Waals surface area contributed by atoms with Gasteiger partial charge in [-0.3, -0.25) is 9.59 Å². The lowest BCUT2D eigenvalue weighted by atomic mass is 10.0.